The highest BCUT2D eigenvalue weighted by molar-refractivity contribution is 9.10. The summed E-state index contributed by atoms with van der Waals surface area (Å²) in [4.78, 5) is 11.2. The molecule has 1 aromatic carbocycles. The molecule has 1 unspecified atom stereocenters. The molecule has 6 nitrogen and oxygen atoms in total. The summed E-state index contributed by atoms with van der Waals surface area (Å²) < 4.78 is 27.7. The normalized spacial score (nSPS) is 18.4. The molecule has 1 aliphatic rings. The number of sulfonamides is 1. The van der Waals surface area contributed by atoms with Crippen molar-refractivity contribution in [2.24, 2.45) is 5.92 Å². The third kappa shape index (κ3) is 4.77. The molecule has 0 aliphatic carbocycles. The molecule has 1 aliphatic heterocycles. The molecule has 1 saturated heterocycles. The molecule has 1 fully saturated rings. The van der Waals surface area contributed by atoms with Crippen LogP contribution in [0.2, 0.25) is 0 Å². The van der Waals surface area contributed by atoms with Crippen LogP contribution in [0.25, 0.3) is 0 Å². The number of halogens is 1. The zero-order valence-electron chi connectivity index (χ0n) is 12.4. The van der Waals surface area contributed by atoms with E-state index in [1.165, 1.54) is 19.1 Å². The standard InChI is InChI=1S/C14H20BrN3O3S/c1-10(19)18-14-3-2-12(8-13(14)15)22(20,21)17-7-5-11-4-6-16-9-11/h2-3,8,11,16-17H,4-7,9H2,1H3,(H,18,19). The van der Waals surface area contributed by atoms with Gasteiger partial charge in [-0.3, -0.25) is 4.79 Å². The minimum absolute atomic E-state index is 0.179. The highest BCUT2D eigenvalue weighted by Gasteiger charge is 2.18. The van der Waals surface area contributed by atoms with Crippen LogP contribution in [0.5, 0.6) is 0 Å². The number of rotatable bonds is 6. The summed E-state index contributed by atoms with van der Waals surface area (Å²) in [5.41, 5.74) is 0.545. The average Bonchev–Trinajstić information content (AvgIpc) is 2.93. The zero-order valence-corrected chi connectivity index (χ0v) is 14.8. The molecular weight excluding hydrogens is 370 g/mol. The van der Waals surface area contributed by atoms with E-state index >= 15 is 0 Å². The lowest BCUT2D eigenvalue weighted by atomic mass is 10.1. The Kier molecular flexibility index (Phi) is 5.96. The van der Waals surface area contributed by atoms with Crippen LogP contribution in [-0.4, -0.2) is 34.0 Å². The van der Waals surface area contributed by atoms with Crippen molar-refractivity contribution in [1.82, 2.24) is 10.0 Å². The molecule has 0 radical (unpaired) electrons. The molecule has 1 aromatic rings. The molecule has 1 amide bonds. The van der Waals surface area contributed by atoms with Crippen molar-refractivity contribution in [2.75, 3.05) is 25.0 Å². The summed E-state index contributed by atoms with van der Waals surface area (Å²) in [5, 5.41) is 5.89. The fourth-order valence-electron chi connectivity index (χ4n) is 2.40. The Morgan fingerprint density at radius 2 is 2.23 bits per heavy atom. The van der Waals surface area contributed by atoms with Gasteiger partial charge in [-0.1, -0.05) is 0 Å². The van der Waals surface area contributed by atoms with Gasteiger partial charge in [-0.2, -0.15) is 0 Å². The first-order chi connectivity index (χ1) is 10.4. The predicted molar refractivity (Wildman–Crippen MR) is 89.2 cm³/mol. The summed E-state index contributed by atoms with van der Waals surface area (Å²) in [7, 11) is -3.53. The SMILES string of the molecule is CC(=O)Nc1ccc(S(=O)(=O)NCCC2CCNC2)cc1Br. The van der Waals surface area contributed by atoms with Gasteiger partial charge in [-0.15, -0.1) is 0 Å². The van der Waals surface area contributed by atoms with Crippen LogP contribution in [-0.2, 0) is 14.8 Å². The monoisotopic (exact) mass is 389 g/mol. The van der Waals surface area contributed by atoms with Crippen molar-refractivity contribution in [3.05, 3.63) is 22.7 Å². The van der Waals surface area contributed by atoms with E-state index in [0.717, 1.165) is 25.9 Å². The second kappa shape index (κ2) is 7.54. The van der Waals surface area contributed by atoms with E-state index in [-0.39, 0.29) is 10.8 Å². The Balaban J connectivity index is 1.99. The highest BCUT2D eigenvalue weighted by atomic mass is 79.9. The maximum atomic E-state index is 12.3. The minimum atomic E-state index is -3.53. The quantitative estimate of drug-likeness (QED) is 0.690. The molecule has 2 rings (SSSR count). The summed E-state index contributed by atoms with van der Waals surface area (Å²) in [6.07, 6.45) is 1.93. The van der Waals surface area contributed by atoms with Gasteiger partial charge in [0.25, 0.3) is 0 Å². The third-order valence-electron chi connectivity index (χ3n) is 3.57. The van der Waals surface area contributed by atoms with Gasteiger partial charge in [0.05, 0.1) is 10.6 Å². The van der Waals surface area contributed by atoms with Gasteiger partial charge >= 0.3 is 0 Å². The van der Waals surface area contributed by atoms with Gasteiger partial charge in [0, 0.05) is 17.9 Å². The molecule has 3 N–H and O–H groups in total. The van der Waals surface area contributed by atoms with E-state index in [1.807, 2.05) is 0 Å². The van der Waals surface area contributed by atoms with Crippen LogP contribution in [0.4, 0.5) is 5.69 Å². The lowest BCUT2D eigenvalue weighted by molar-refractivity contribution is -0.114. The second-order valence-corrected chi connectivity index (χ2v) is 7.99. The molecule has 122 valence electrons. The van der Waals surface area contributed by atoms with Crippen molar-refractivity contribution < 1.29 is 13.2 Å². The fourth-order valence-corrected chi connectivity index (χ4v) is 4.10. The molecule has 0 spiro atoms. The Hall–Kier alpha value is -0.960. The largest absolute Gasteiger partial charge is 0.325 e. The molecule has 22 heavy (non-hydrogen) atoms. The number of carbonyl (C=O) groups is 1. The van der Waals surface area contributed by atoms with Crippen LogP contribution < -0.4 is 15.4 Å². The fraction of sp³-hybridized carbons (Fsp3) is 0.500. The zero-order chi connectivity index (χ0) is 16.2. The van der Waals surface area contributed by atoms with E-state index < -0.39 is 10.0 Å². The van der Waals surface area contributed by atoms with Crippen molar-refractivity contribution in [2.45, 2.75) is 24.7 Å². The lowest BCUT2D eigenvalue weighted by Gasteiger charge is -2.11. The van der Waals surface area contributed by atoms with E-state index in [2.05, 4.69) is 31.3 Å². The summed E-state index contributed by atoms with van der Waals surface area (Å²) in [6.45, 7) is 3.80. The van der Waals surface area contributed by atoms with E-state index in [9.17, 15) is 13.2 Å². The first-order valence-corrected chi connectivity index (χ1v) is 9.43. The van der Waals surface area contributed by atoms with Gasteiger partial charge in [-0.25, -0.2) is 13.1 Å². The van der Waals surface area contributed by atoms with Gasteiger partial charge in [-0.05, 0) is 66.0 Å². The van der Waals surface area contributed by atoms with Crippen molar-refractivity contribution in [1.29, 1.82) is 0 Å². The van der Waals surface area contributed by atoms with Gasteiger partial charge in [0.1, 0.15) is 0 Å². The predicted octanol–water partition coefficient (Wildman–Crippen LogP) is 1.69. The Morgan fingerprint density at radius 3 is 2.82 bits per heavy atom. The van der Waals surface area contributed by atoms with Crippen LogP contribution in [0.1, 0.15) is 19.8 Å². The summed E-state index contributed by atoms with van der Waals surface area (Å²) >= 11 is 3.27. The number of benzene rings is 1. The van der Waals surface area contributed by atoms with Crippen LogP contribution in [0.3, 0.4) is 0 Å². The van der Waals surface area contributed by atoms with Gasteiger partial charge in [0.15, 0.2) is 0 Å². The second-order valence-electron chi connectivity index (χ2n) is 5.37. The Morgan fingerprint density at radius 1 is 1.45 bits per heavy atom. The average molecular weight is 390 g/mol. The van der Waals surface area contributed by atoms with Crippen molar-refractivity contribution in [3.8, 4) is 0 Å². The maximum Gasteiger partial charge on any atom is 0.240 e. The van der Waals surface area contributed by atoms with E-state index in [1.54, 1.807) is 6.07 Å². The highest BCUT2D eigenvalue weighted by Crippen LogP contribution is 2.25. The van der Waals surface area contributed by atoms with Gasteiger partial charge < -0.3 is 10.6 Å². The Labute approximate surface area is 139 Å². The Bertz CT molecular complexity index is 643. The smallest absolute Gasteiger partial charge is 0.240 e. The van der Waals surface area contributed by atoms with Crippen molar-refractivity contribution >= 4 is 37.5 Å². The summed E-state index contributed by atoms with van der Waals surface area (Å²) in [5.74, 6) is 0.330. The maximum absolute atomic E-state index is 12.3. The number of nitrogens with one attached hydrogen (secondary N) is 3. The molecule has 0 aromatic heterocycles. The van der Waals surface area contributed by atoms with E-state index in [4.69, 9.17) is 0 Å². The van der Waals surface area contributed by atoms with Crippen LogP contribution in [0.15, 0.2) is 27.6 Å². The van der Waals surface area contributed by atoms with Crippen LogP contribution in [0, 0.1) is 5.92 Å². The first kappa shape index (κ1) is 17.4. The molecular formula is C14H20BrN3O3S. The topological polar surface area (TPSA) is 87.3 Å². The molecule has 8 heteroatoms. The minimum Gasteiger partial charge on any atom is -0.325 e. The number of hydrogen-bond acceptors (Lipinski definition) is 4. The van der Waals surface area contributed by atoms with Crippen molar-refractivity contribution in [3.63, 3.8) is 0 Å². The molecule has 0 saturated carbocycles. The molecule has 0 bridgehead atoms. The first-order valence-electron chi connectivity index (χ1n) is 7.16. The van der Waals surface area contributed by atoms with E-state index in [0.29, 0.717) is 22.6 Å². The number of hydrogen-bond donors (Lipinski definition) is 3. The van der Waals surface area contributed by atoms with Crippen LogP contribution >= 0.6 is 15.9 Å². The molecule has 1 atom stereocenters. The lowest BCUT2D eigenvalue weighted by Crippen LogP contribution is -2.26. The third-order valence-corrected chi connectivity index (χ3v) is 5.68. The number of amides is 1. The van der Waals surface area contributed by atoms with Gasteiger partial charge in [0.2, 0.25) is 15.9 Å². The number of anilines is 1. The summed E-state index contributed by atoms with van der Waals surface area (Å²) in [6, 6.07) is 4.54. The number of carbonyl (C=O) groups excluding carboxylic acids is 1. The molecule has 1 heterocycles.